The molecule has 0 bridgehead atoms. The van der Waals surface area contributed by atoms with Crippen LogP contribution in [0.3, 0.4) is 0 Å². The number of allylic oxidation sites excluding steroid dienone is 2. The number of nitrogens with zero attached hydrogens (tertiary/aromatic N) is 1. The van der Waals surface area contributed by atoms with Crippen LogP contribution in [0.5, 0.6) is 0 Å². The topological polar surface area (TPSA) is 23.5 Å². The van der Waals surface area contributed by atoms with Crippen molar-refractivity contribution in [3.05, 3.63) is 23.9 Å². The lowest BCUT2D eigenvalue weighted by Gasteiger charge is -2.22. The molecule has 1 aliphatic rings. The Kier molecular flexibility index (Phi) is 2.51. The highest BCUT2D eigenvalue weighted by atomic mass is 16.3. The Bertz CT molecular complexity index is 161. The highest BCUT2D eigenvalue weighted by Gasteiger charge is 2.03. The maximum absolute atomic E-state index is 8.64. The van der Waals surface area contributed by atoms with E-state index in [0.29, 0.717) is 0 Å². The van der Waals surface area contributed by atoms with E-state index in [1.807, 2.05) is 19.2 Å². The van der Waals surface area contributed by atoms with Gasteiger partial charge in [-0.15, -0.1) is 0 Å². The van der Waals surface area contributed by atoms with Gasteiger partial charge in [0.15, 0.2) is 0 Å². The van der Waals surface area contributed by atoms with E-state index in [-0.39, 0.29) is 6.61 Å². The number of rotatable bonds is 2. The van der Waals surface area contributed by atoms with Gasteiger partial charge in [-0.1, -0.05) is 12.2 Å². The average Bonchev–Trinajstić information content (AvgIpc) is 1.94. The molecule has 10 heavy (non-hydrogen) atoms. The molecule has 0 saturated heterocycles. The predicted octanol–water partition coefficient (Wildman–Crippen LogP) is 0.754. The second kappa shape index (κ2) is 3.42. The third-order valence-electron chi connectivity index (χ3n) is 1.66. The smallest absolute Gasteiger partial charge is 0.0485 e. The maximum atomic E-state index is 8.64. The number of likely N-dealkylation sites (N-methyl/N-ethyl adjacent to an activating group) is 1. The quantitative estimate of drug-likeness (QED) is 0.610. The Balaban J connectivity index is 2.52. The minimum atomic E-state index is 0.240. The van der Waals surface area contributed by atoms with Gasteiger partial charge in [0.2, 0.25) is 0 Å². The monoisotopic (exact) mass is 139 g/mol. The molecule has 0 atom stereocenters. The lowest BCUT2D eigenvalue weighted by molar-refractivity contribution is 0.282. The molecule has 0 fully saturated rings. The van der Waals surface area contributed by atoms with Gasteiger partial charge in [0.05, 0.1) is 0 Å². The van der Waals surface area contributed by atoms with E-state index in [4.69, 9.17) is 5.11 Å². The SMILES string of the molecule is CN1CC=CC=C1CCO. The van der Waals surface area contributed by atoms with Crippen molar-refractivity contribution in [2.45, 2.75) is 6.42 Å². The zero-order valence-electron chi connectivity index (χ0n) is 6.25. The van der Waals surface area contributed by atoms with Crippen molar-refractivity contribution in [1.82, 2.24) is 4.90 Å². The number of hydrogen-bond donors (Lipinski definition) is 1. The highest BCUT2D eigenvalue weighted by Crippen LogP contribution is 2.09. The highest BCUT2D eigenvalue weighted by molar-refractivity contribution is 5.16. The van der Waals surface area contributed by atoms with Crippen molar-refractivity contribution in [2.75, 3.05) is 20.2 Å². The molecule has 1 heterocycles. The normalized spacial score (nSPS) is 17.4. The van der Waals surface area contributed by atoms with E-state index < -0.39 is 0 Å². The molecule has 0 spiro atoms. The van der Waals surface area contributed by atoms with Gasteiger partial charge in [-0.2, -0.15) is 0 Å². The summed E-state index contributed by atoms with van der Waals surface area (Å²) in [5.41, 5.74) is 1.21. The van der Waals surface area contributed by atoms with Gasteiger partial charge in [-0.25, -0.2) is 0 Å². The molecule has 0 aromatic heterocycles. The molecule has 0 aromatic rings. The summed E-state index contributed by atoms with van der Waals surface area (Å²) in [4.78, 5) is 2.14. The van der Waals surface area contributed by atoms with Crippen molar-refractivity contribution in [1.29, 1.82) is 0 Å². The van der Waals surface area contributed by atoms with Crippen molar-refractivity contribution in [3.8, 4) is 0 Å². The molecule has 0 unspecified atom stereocenters. The van der Waals surface area contributed by atoms with E-state index in [0.717, 1.165) is 13.0 Å². The first kappa shape index (κ1) is 7.35. The third-order valence-corrected chi connectivity index (χ3v) is 1.66. The lowest BCUT2D eigenvalue weighted by atomic mass is 10.2. The Hall–Kier alpha value is -0.760. The van der Waals surface area contributed by atoms with E-state index in [1.165, 1.54) is 5.70 Å². The van der Waals surface area contributed by atoms with Crippen LogP contribution >= 0.6 is 0 Å². The first-order valence-electron chi connectivity index (χ1n) is 3.52. The van der Waals surface area contributed by atoms with Crippen LogP contribution in [0.25, 0.3) is 0 Å². The minimum absolute atomic E-state index is 0.240. The Morgan fingerprint density at radius 1 is 1.70 bits per heavy atom. The van der Waals surface area contributed by atoms with Gasteiger partial charge in [-0.3, -0.25) is 0 Å². The first-order valence-corrected chi connectivity index (χ1v) is 3.52. The van der Waals surface area contributed by atoms with Crippen molar-refractivity contribution in [3.63, 3.8) is 0 Å². The standard InChI is InChI=1S/C8H13NO/c1-9-6-3-2-4-8(9)5-7-10/h2-4,10H,5-7H2,1H3. The van der Waals surface area contributed by atoms with E-state index in [9.17, 15) is 0 Å². The molecular weight excluding hydrogens is 126 g/mol. The van der Waals surface area contributed by atoms with Gasteiger partial charge < -0.3 is 10.0 Å². The second-order valence-corrected chi connectivity index (χ2v) is 2.44. The Morgan fingerprint density at radius 3 is 3.10 bits per heavy atom. The van der Waals surface area contributed by atoms with E-state index in [1.54, 1.807) is 0 Å². The fraction of sp³-hybridized carbons (Fsp3) is 0.500. The van der Waals surface area contributed by atoms with E-state index in [2.05, 4.69) is 11.0 Å². The molecule has 0 aliphatic carbocycles. The lowest BCUT2D eigenvalue weighted by Crippen LogP contribution is -2.20. The second-order valence-electron chi connectivity index (χ2n) is 2.44. The molecule has 56 valence electrons. The van der Waals surface area contributed by atoms with Crippen LogP contribution in [-0.4, -0.2) is 30.2 Å². The molecule has 1 rings (SSSR count). The predicted molar refractivity (Wildman–Crippen MR) is 41.6 cm³/mol. The molecule has 1 aliphatic heterocycles. The molecule has 0 radical (unpaired) electrons. The van der Waals surface area contributed by atoms with Crippen LogP contribution in [0.2, 0.25) is 0 Å². The first-order chi connectivity index (χ1) is 4.84. The zero-order chi connectivity index (χ0) is 7.40. The summed E-state index contributed by atoms with van der Waals surface area (Å²) < 4.78 is 0. The fourth-order valence-electron chi connectivity index (χ4n) is 1.03. The van der Waals surface area contributed by atoms with Crippen molar-refractivity contribution in [2.24, 2.45) is 0 Å². The molecule has 0 aromatic carbocycles. The summed E-state index contributed by atoms with van der Waals surface area (Å²) in [5.74, 6) is 0. The van der Waals surface area contributed by atoms with E-state index >= 15 is 0 Å². The molecule has 1 N–H and O–H groups in total. The van der Waals surface area contributed by atoms with Gasteiger partial charge >= 0.3 is 0 Å². The summed E-state index contributed by atoms with van der Waals surface area (Å²) in [6, 6.07) is 0. The van der Waals surface area contributed by atoms with Crippen LogP contribution in [0.15, 0.2) is 23.9 Å². The summed E-state index contributed by atoms with van der Waals surface area (Å²) >= 11 is 0. The fourth-order valence-corrected chi connectivity index (χ4v) is 1.03. The molecule has 2 heteroatoms. The van der Waals surface area contributed by atoms with Crippen LogP contribution < -0.4 is 0 Å². The molecular formula is C8H13NO. The zero-order valence-corrected chi connectivity index (χ0v) is 6.25. The summed E-state index contributed by atoms with van der Waals surface area (Å²) in [6.45, 7) is 1.20. The molecule has 0 saturated carbocycles. The summed E-state index contributed by atoms with van der Waals surface area (Å²) in [5, 5.41) is 8.64. The van der Waals surface area contributed by atoms with Gasteiger partial charge in [0.25, 0.3) is 0 Å². The number of aliphatic hydroxyl groups excluding tert-OH is 1. The summed E-state index contributed by atoms with van der Waals surface area (Å²) in [6.07, 6.45) is 6.94. The number of hydrogen-bond acceptors (Lipinski definition) is 2. The molecule has 0 amide bonds. The minimum Gasteiger partial charge on any atom is -0.396 e. The summed E-state index contributed by atoms with van der Waals surface area (Å²) in [7, 11) is 2.03. The average molecular weight is 139 g/mol. The third kappa shape index (κ3) is 1.61. The van der Waals surface area contributed by atoms with Crippen LogP contribution in [-0.2, 0) is 0 Å². The van der Waals surface area contributed by atoms with Crippen molar-refractivity contribution >= 4 is 0 Å². The van der Waals surface area contributed by atoms with Crippen LogP contribution in [0, 0.1) is 0 Å². The van der Waals surface area contributed by atoms with Gasteiger partial charge in [-0.05, 0) is 6.08 Å². The van der Waals surface area contributed by atoms with Gasteiger partial charge in [0, 0.05) is 32.3 Å². The van der Waals surface area contributed by atoms with Crippen LogP contribution in [0.1, 0.15) is 6.42 Å². The largest absolute Gasteiger partial charge is 0.396 e. The van der Waals surface area contributed by atoms with Crippen molar-refractivity contribution < 1.29 is 5.11 Å². The van der Waals surface area contributed by atoms with Crippen LogP contribution in [0.4, 0.5) is 0 Å². The Morgan fingerprint density at radius 2 is 2.50 bits per heavy atom. The Labute approximate surface area is 61.5 Å². The van der Waals surface area contributed by atoms with Gasteiger partial charge in [0.1, 0.15) is 0 Å². The maximum Gasteiger partial charge on any atom is 0.0485 e. The molecule has 2 nitrogen and oxygen atoms in total. The number of aliphatic hydroxyl groups is 1.